The Hall–Kier alpha value is -13.9. The van der Waals surface area contributed by atoms with Gasteiger partial charge in [-0.2, -0.15) is 5.10 Å². The molecule has 10 aromatic rings. The minimum Gasteiger partial charge on any atom is -0.443 e. The van der Waals surface area contributed by atoms with Gasteiger partial charge in [0.1, 0.15) is 22.6 Å². The summed E-state index contributed by atoms with van der Waals surface area (Å²) in [6.07, 6.45) is -1.94. The van der Waals surface area contributed by atoms with Crippen LogP contribution in [0.4, 0.5) is 48.5 Å². The first-order chi connectivity index (χ1) is 62.0. The molecule has 9 N–H and O–H groups in total. The maximum Gasteiger partial charge on any atom is 0.421 e. The van der Waals surface area contributed by atoms with Crippen molar-refractivity contribution in [2.45, 2.75) is 151 Å². The quantitative estimate of drug-likeness (QED) is 0.00773. The van der Waals surface area contributed by atoms with Crippen molar-refractivity contribution in [1.29, 1.82) is 0 Å². The standard InChI is InChI=1S/C16H23NO5S.C15H10N2O4.C13H18N2O6S.C13H20N2O4S.C11H12ClN3.C7H6BrNO2.C7H8N2O2.C7H7NO2/c1-12(18)11-14-7-5-13(6-8-14)9-10-23(20,21)17-15(19)22-16(2,3)4;18-14-12-3-1-2-4-13(12)15(19)16(14)9-10-5-7-11(8-6-10)17(20)21;1-13(2,3)21-12(16)14-22(19,20)9-8-10-4-6-11(7-5-10)15(17)18;1-13(2,3)19-12(16)15-20(17,18)9-8-10-4-6-11(14)7-5-10;1-8-5-11(7-13)15(14-8)10-4-2-3-9(12)6-10;2*8-5-6-1-3-7(4-2-6)9(10)11;1-6-2-4-7(5-3-6)8(9)10/h5-8H,9-11H2,1-4H3,(H,17,19);1-8H,9H2;4-7H,8-9H2,1-3H3,(H,14,16);4-7H,8-9,14H2,1-3H3,(H,15,16);2-6H,7,13H2,1H3;1-4H,5H2;1-4H,5,8H2;2-5H,1H3. The number of sulfonamides is 3. The van der Waals surface area contributed by atoms with Gasteiger partial charge in [-0.1, -0.05) is 148 Å². The third-order valence-corrected chi connectivity index (χ3v) is 21.5. The summed E-state index contributed by atoms with van der Waals surface area (Å²) >= 11 is 9.17. The predicted octanol–water partition coefficient (Wildman–Crippen LogP) is 16.0. The zero-order valence-electron chi connectivity index (χ0n) is 74.6. The molecule has 0 radical (unpaired) electrons. The Morgan fingerprint density at radius 1 is 0.436 bits per heavy atom. The highest BCUT2D eigenvalue weighted by molar-refractivity contribution is 9.08. The molecule has 0 bridgehead atoms. The summed E-state index contributed by atoms with van der Waals surface area (Å²) in [5, 5.41) is 57.4. The van der Waals surface area contributed by atoms with E-state index < -0.39 is 89.8 Å². The number of nitrogen functional groups attached to an aromatic ring is 1. The summed E-state index contributed by atoms with van der Waals surface area (Å²) in [5.74, 6) is -1.36. The number of benzene rings is 9. The fraction of sp³-hybridized carbons (Fsp3) is 0.292. The van der Waals surface area contributed by atoms with Gasteiger partial charge in [-0.25, -0.2) is 58.5 Å². The second-order valence-corrected chi connectivity index (χ2v) is 38.2. The van der Waals surface area contributed by atoms with Crippen LogP contribution in [0.3, 0.4) is 0 Å². The minimum absolute atomic E-state index is 0.0267. The van der Waals surface area contributed by atoms with Crippen molar-refractivity contribution >= 4 is 128 Å². The molecule has 0 atom stereocenters. The lowest BCUT2D eigenvalue weighted by molar-refractivity contribution is -0.385. The van der Waals surface area contributed by atoms with Crippen molar-refractivity contribution in [2.75, 3.05) is 23.0 Å². The van der Waals surface area contributed by atoms with Crippen molar-refractivity contribution < 1.29 is 92.8 Å². The molecule has 1 aliphatic heterocycles. The van der Waals surface area contributed by atoms with Gasteiger partial charge in [-0.3, -0.25) is 69.9 Å². The van der Waals surface area contributed by atoms with Crippen LogP contribution in [0.2, 0.25) is 5.02 Å². The van der Waals surface area contributed by atoms with Crippen LogP contribution in [0.15, 0.2) is 224 Å². The highest BCUT2D eigenvalue weighted by Gasteiger charge is 2.35. The number of fused-ring (bicyclic) bond motifs is 1. The number of imide groups is 1. The van der Waals surface area contributed by atoms with E-state index in [2.05, 4.69) is 21.0 Å². The first-order valence-corrected chi connectivity index (χ1v) is 46.4. The minimum atomic E-state index is -3.84. The zero-order chi connectivity index (χ0) is 99.9. The van der Waals surface area contributed by atoms with Crippen molar-refractivity contribution in [1.82, 2.24) is 28.8 Å². The van der Waals surface area contributed by atoms with Crippen LogP contribution in [0.25, 0.3) is 5.69 Å². The molecule has 133 heavy (non-hydrogen) atoms. The first-order valence-electron chi connectivity index (χ1n) is 40.0. The number of alkyl halides is 1. The number of nitrogens with two attached hydrogens (primary N) is 3. The number of ketones is 1. The van der Waals surface area contributed by atoms with Gasteiger partial charge in [0.05, 0.1) is 76.6 Å². The monoisotopic (exact) mass is 1980 g/mol. The fourth-order valence-electron chi connectivity index (χ4n) is 10.7. The highest BCUT2D eigenvalue weighted by atomic mass is 79.9. The van der Waals surface area contributed by atoms with E-state index in [-0.39, 0.29) is 82.7 Å². The topological polar surface area (TPSA) is 583 Å². The number of non-ortho nitro benzene ring substituents is 5. The van der Waals surface area contributed by atoms with Gasteiger partial charge >= 0.3 is 18.3 Å². The summed E-state index contributed by atoms with van der Waals surface area (Å²) < 4.78 is 92.8. The van der Waals surface area contributed by atoms with Crippen molar-refractivity contribution in [2.24, 2.45) is 11.5 Å². The molecule has 0 aliphatic carbocycles. The smallest absolute Gasteiger partial charge is 0.421 e. The zero-order valence-corrected chi connectivity index (χ0v) is 79.4. The molecule has 39 nitrogen and oxygen atoms in total. The number of hydrogen-bond donors (Lipinski definition) is 6. The Balaban J connectivity index is 0.000000323. The molecule has 11 rings (SSSR count). The molecule has 0 unspecified atom stereocenters. The molecule has 5 amide bonds. The molecule has 2 heterocycles. The van der Waals surface area contributed by atoms with E-state index in [1.807, 2.05) is 63.0 Å². The second-order valence-electron chi connectivity index (χ2n) is 31.7. The lowest BCUT2D eigenvalue weighted by atomic mass is 10.1. The van der Waals surface area contributed by atoms with Crippen molar-refractivity contribution in [3.63, 3.8) is 0 Å². The average molecular weight is 1980 g/mol. The van der Waals surface area contributed by atoms with E-state index in [1.54, 1.807) is 184 Å². The van der Waals surface area contributed by atoms with Gasteiger partial charge in [-0.05, 0) is 190 Å². The van der Waals surface area contributed by atoms with Gasteiger partial charge in [0, 0.05) is 96.2 Å². The Labute approximate surface area is 782 Å². The van der Waals surface area contributed by atoms with Crippen molar-refractivity contribution in [3.05, 3.63) is 347 Å². The predicted molar refractivity (Wildman–Crippen MR) is 505 cm³/mol. The van der Waals surface area contributed by atoms with Crippen LogP contribution in [0.5, 0.6) is 0 Å². The van der Waals surface area contributed by atoms with E-state index >= 15 is 0 Å². The van der Waals surface area contributed by atoms with E-state index in [9.17, 15) is 105 Å². The number of hydrogen-bond acceptors (Lipinski definition) is 29. The number of nitrogens with zero attached hydrogens (tertiary/aromatic N) is 8. The van der Waals surface area contributed by atoms with Crippen LogP contribution in [-0.2, 0) is 99.7 Å². The number of nitrogens with one attached hydrogen (secondary N) is 3. The van der Waals surface area contributed by atoms with Crippen LogP contribution in [0, 0.1) is 64.4 Å². The largest absolute Gasteiger partial charge is 0.443 e. The normalized spacial score (nSPS) is 11.4. The molecule has 9 aromatic carbocycles. The first kappa shape index (κ1) is 111. The molecule has 0 saturated heterocycles. The summed E-state index contributed by atoms with van der Waals surface area (Å²) in [6.45, 7) is 21.1. The number of nitro benzene ring substituents is 5. The van der Waals surface area contributed by atoms with Gasteiger partial charge in [0.25, 0.3) is 40.3 Å². The number of halogens is 2. The second kappa shape index (κ2) is 52.3. The highest BCUT2D eigenvalue weighted by Crippen LogP contribution is 2.27. The number of amides is 5. The molecule has 0 fully saturated rings. The molecular formula is C89H104BrClN14O25S3. The lowest BCUT2D eigenvalue weighted by Gasteiger charge is -2.19. The number of aryl methyl sites for hydroxylation is 5. The molecule has 1 aliphatic rings. The Morgan fingerprint density at radius 2 is 0.752 bits per heavy atom. The van der Waals surface area contributed by atoms with Crippen LogP contribution in [0.1, 0.15) is 146 Å². The fourth-order valence-corrected chi connectivity index (χ4v) is 14.0. The number of nitro groups is 5. The number of aromatic nitrogens is 2. The maximum absolute atomic E-state index is 12.2. The Kier molecular flexibility index (Phi) is 43.8. The van der Waals surface area contributed by atoms with E-state index in [1.165, 1.54) is 79.7 Å². The molecule has 44 heteroatoms. The van der Waals surface area contributed by atoms with E-state index in [4.69, 9.17) is 43.0 Å². The van der Waals surface area contributed by atoms with Crippen LogP contribution >= 0.6 is 27.5 Å². The third-order valence-electron chi connectivity index (χ3n) is 17.0. The van der Waals surface area contributed by atoms with Gasteiger partial charge in [-0.15, -0.1) is 0 Å². The number of Topliss-reactive ketones (excluding diaryl/α,β-unsaturated/α-hetero) is 1. The van der Waals surface area contributed by atoms with E-state index in [0.29, 0.717) is 58.9 Å². The Bertz CT molecular complexity index is 5910. The van der Waals surface area contributed by atoms with Gasteiger partial charge < -0.3 is 31.4 Å². The number of carbonyl (C=O) groups excluding carboxylic acids is 6. The summed E-state index contributed by atoms with van der Waals surface area (Å²) in [4.78, 5) is 120. The molecule has 0 saturated carbocycles. The summed E-state index contributed by atoms with van der Waals surface area (Å²) in [6, 6.07) is 60.6. The summed E-state index contributed by atoms with van der Waals surface area (Å²) in [7, 11) is -11.3. The molecule has 0 spiro atoms. The van der Waals surface area contributed by atoms with Crippen LogP contribution < -0.4 is 31.4 Å². The SMILES string of the molecule is CC(=O)Cc1ccc(CCS(=O)(=O)NC(=O)OC(C)(C)C)cc1.CC(C)(C)OC(=O)NS(=O)(=O)CCc1ccc(N)cc1.CC(C)(C)OC(=O)NS(=O)(=O)CCc1ccc([N+](=O)[O-])cc1.Cc1cc(CN)n(-c2cccc(Cl)c2)n1.Cc1ccc([N+](=O)[O-])cc1.NCc1ccc([N+](=O)[O-])cc1.O=C1c2ccccc2C(=O)N1Cc1ccc([N+](=O)[O-])cc1.O=[N+]([O-])c1ccc(CBr)cc1. The Morgan fingerprint density at radius 3 is 1.07 bits per heavy atom. The molecular weight excluding hydrogens is 1880 g/mol. The number of ether oxygens (including phenoxy) is 3. The van der Waals surface area contributed by atoms with Crippen molar-refractivity contribution in [3.8, 4) is 5.69 Å². The lowest BCUT2D eigenvalue weighted by Crippen LogP contribution is -2.37. The summed E-state index contributed by atoms with van der Waals surface area (Å²) in [5.41, 5.74) is 25.5. The average Bonchev–Trinajstić information content (AvgIpc) is 1.63. The molecule has 1 aromatic heterocycles. The molecule has 712 valence electrons. The maximum atomic E-state index is 12.2. The van der Waals surface area contributed by atoms with Crippen LogP contribution in [-0.4, -0.2) is 134 Å². The number of carbonyl (C=O) groups is 6. The number of anilines is 1. The third kappa shape index (κ3) is 43.6. The van der Waals surface area contributed by atoms with Gasteiger partial charge in [0.2, 0.25) is 30.1 Å². The number of rotatable bonds is 25. The van der Waals surface area contributed by atoms with E-state index in [0.717, 1.165) is 60.7 Å². The van der Waals surface area contributed by atoms with Gasteiger partial charge in [0.15, 0.2) is 0 Å².